The first kappa shape index (κ1) is 15.1. The van der Waals surface area contributed by atoms with Crippen LogP contribution in [0.1, 0.15) is 10.4 Å². The SMILES string of the molecule is COc1cc(Nc2c(F)cc(C(=O)O)cc2F)ccc1Cl. The van der Waals surface area contributed by atoms with E-state index in [9.17, 15) is 13.6 Å². The summed E-state index contributed by atoms with van der Waals surface area (Å²) in [7, 11) is 1.41. The molecule has 0 atom stereocenters. The van der Waals surface area contributed by atoms with Crippen molar-refractivity contribution < 1.29 is 23.4 Å². The number of nitrogens with one attached hydrogen (secondary N) is 1. The lowest BCUT2D eigenvalue weighted by Crippen LogP contribution is -2.03. The van der Waals surface area contributed by atoms with Crippen LogP contribution < -0.4 is 10.1 Å². The summed E-state index contributed by atoms with van der Waals surface area (Å²) in [4.78, 5) is 10.7. The third kappa shape index (κ3) is 3.22. The molecule has 4 nitrogen and oxygen atoms in total. The van der Waals surface area contributed by atoms with Crippen molar-refractivity contribution in [2.75, 3.05) is 12.4 Å². The van der Waals surface area contributed by atoms with Crippen molar-refractivity contribution in [3.05, 3.63) is 52.6 Å². The molecule has 0 saturated carbocycles. The topological polar surface area (TPSA) is 58.6 Å². The quantitative estimate of drug-likeness (QED) is 0.893. The second-order valence-electron chi connectivity index (χ2n) is 4.09. The predicted octanol–water partition coefficient (Wildman–Crippen LogP) is 4.07. The van der Waals surface area contributed by atoms with Crippen molar-refractivity contribution in [2.45, 2.75) is 0 Å². The third-order valence-corrected chi connectivity index (χ3v) is 3.02. The highest BCUT2D eigenvalue weighted by atomic mass is 35.5. The number of ether oxygens (including phenoxy) is 1. The van der Waals surface area contributed by atoms with Crippen molar-refractivity contribution >= 4 is 28.9 Å². The van der Waals surface area contributed by atoms with Gasteiger partial charge in [0.2, 0.25) is 0 Å². The van der Waals surface area contributed by atoms with Gasteiger partial charge in [-0.05, 0) is 24.3 Å². The smallest absolute Gasteiger partial charge is 0.335 e. The van der Waals surface area contributed by atoms with Crippen LogP contribution in [0.25, 0.3) is 0 Å². The van der Waals surface area contributed by atoms with E-state index in [4.69, 9.17) is 21.4 Å². The summed E-state index contributed by atoms with van der Waals surface area (Å²) in [5.74, 6) is -3.10. The van der Waals surface area contributed by atoms with Crippen LogP contribution in [0.3, 0.4) is 0 Å². The Morgan fingerprint density at radius 1 is 1.24 bits per heavy atom. The van der Waals surface area contributed by atoms with Gasteiger partial charge in [-0.1, -0.05) is 11.6 Å². The number of hydrogen-bond donors (Lipinski definition) is 2. The van der Waals surface area contributed by atoms with Crippen molar-refractivity contribution in [2.24, 2.45) is 0 Å². The molecule has 0 fully saturated rings. The van der Waals surface area contributed by atoms with E-state index in [1.165, 1.54) is 25.3 Å². The molecule has 0 aliphatic heterocycles. The average molecular weight is 314 g/mol. The first-order valence-electron chi connectivity index (χ1n) is 5.75. The fourth-order valence-corrected chi connectivity index (χ4v) is 1.89. The Kier molecular flexibility index (Phi) is 4.28. The predicted molar refractivity (Wildman–Crippen MR) is 74.6 cm³/mol. The molecule has 0 aromatic heterocycles. The van der Waals surface area contributed by atoms with Gasteiger partial charge < -0.3 is 15.2 Å². The summed E-state index contributed by atoms with van der Waals surface area (Å²) >= 11 is 5.85. The van der Waals surface area contributed by atoms with Crippen molar-refractivity contribution in [3.8, 4) is 5.75 Å². The minimum atomic E-state index is -1.41. The lowest BCUT2D eigenvalue weighted by Gasteiger charge is -2.11. The van der Waals surface area contributed by atoms with Gasteiger partial charge in [-0.15, -0.1) is 0 Å². The van der Waals surface area contributed by atoms with Crippen LogP contribution in [0.15, 0.2) is 30.3 Å². The molecule has 0 spiro atoms. The Hall–Kier alpha value is -2.34. The van der Waals surface area contributed by atoms with Gasteiger partial charge in [0.1, 0.15) is 11.4 Å². The van der Waals surface area contributed by atoms with E-state index in [-0.39, 0.29) is 0 Å². The molecule has 0 radical (unpaired) electrons. The number of carboxylic acid groups (broad SMARTS) is 1. The van der Waals surface area contributed by atoms with E-state index in [0.717, 1.165) is 12.1 Å². The molecule has 2 aromatic rings. The van der Waals surface area contributed by atoms with Crippen LogP contribution in [0.2, 0.25) is 5.02 Å². The molecular formula is C14H10ClF2NO3. The van der Waals surface area contributed by atoms with Gasteiger partial charge >= 0.3 is 5.97 Å². The molecule has 2 N–H and O–H groups in total. The number of carbonyl (C=O) groups is 1. The fourth-order valence-electron chi connectivity index (χ4n) is 1.70. The molecule has 0 saturated heterocycles. The maximum Gasteiger partial charge on any atom is 0.335 e. The fraction of sp³-hybridized carbons (Fsp3) is 0.0714. The summed E-state index contributed by atoms with van der Waals surface area (Å²) in [5, 5.41) is 11.6. The Morgan fingerprint density at radius 2 is 1.86 bits per heavy atom. The van der Waals surface area contributed by atoms with Gasteiger partial charge in [-0.25, -0.2) is 13.6 Å². The maximum absolute atomic E-state index is 13.8. The van der Waals surface area contributed by atoms with Crippen LogP contribution in [0.4, 0.5) is 20.2 Å². The Labute approximate surface area is 123 Å². The average Bonchev–Trinajstić information content (AvgIpc) is 2.44. The van der Waals surface area contributed by atoms with E-state index in [0.29, 0.717) is 16.5 Å². The third-order valence-electron chi connectivity index (χ3n) is 2.71. The standard InChI is InChI=1S/C14H10ClF2NO3/c1-21-12-6-8(2-3-9(12)15)18-13-10(16)4-7(14(19)20)5-11(13)17/h2-6,18H,1H3,(H,19,20). The summed E-state index contributed by atoms with van der Waals surface area (Å²) in [5.41, 5.74) is -0.578. The van der Waals surface area contributed by atoms with E-state index >= 15 is 0 Å². The number of benzene rings is 2. The Balaban J connectivity index is 2.38. The number of hydrogen-bond acceptors (Lipinski definition) is 3. The number of anilines is 2. The van der Waals surface area contributed by atoms with Crippen LogP contribution in [-0.4, -0.2) is 18.2 Å². The largest absolute Gasteiger partial charge is 0.495 e. The summed E-state index contributed by atoms with van der Waals surface area (Å²) < 4.78 is 32.6. The monoisotopic (exact) mass is 313 g/mol. The van der Waals surface area contributed by atoms with Gasteiger partial charge in [-0.2, -0.15) is 0 Å². The maximum atomic E-state index is 13.8. The molecule has 21 heavy (non-hydrogen) atoms. The highest BCUT2D eigenvalue weighted by Crippen LogP contribution is 2.31. The highest BCUT2D eigenvalue weighted by molar-refractivity contribution is 6.32. The second kappa shape index (κ2) is 5.97. The lowest BCUT2D eigenvalue weighted by molar-refractivity contribution is 0.0696. The van der Waals surface area contributed by atoms with Crippen molar-refractivity contribution in [1.82, 2.24) is 0 Å². The van der Waals surface area contributed by atoms with Crippen molar-refractivity contribution in [3.63, 3.8) is 0 Å². The zero-order chi connectivity index (χ0) is 15.6. The summed E-state index contributed by atoms with van der Waals surface area (Å²) in [6.45, 7) is 0. The van der Waals surface area contributed by atoms with E-state index in [1.807, 2.05) is 0 Å². The molecule has 7 heteroatoms. The number of rotatable bonds is 4. The van der Waals surface area contributed by atoms with Gasteiger partial charge in [0.25, 0.3) is 0 Å². The van der Waals surface area contributed by atoms with E-state index < -0.39 is 28.9 Å². The number of halogens is 3. The molecular weight excluding hydrogens is 304 g/mol. The number of aromatic carboxylic acids is 1. The molecule has 0 unspecified atom stereocenters. The molecule has 2 aromatic carbocycles. The van der Waals surface area contributed by atoms with Crippen LogP contribution in [0, 0.1) is 11.6 Å². The molecule has 0 aliphatic carbocycles. The Bertz CT molecular complexity index is 684. The zero-order valence-electron chi connectivity index (χ0n) is 10.8. The van der Waals surface area contributed by atoms with E-state index in [2.05, 4.69) is 5.32 Å². The highest BCUT2D eigenvalue weighted by Gasteiger charge is 2.15. The zero-order valence-corrected chi connectivity index (χ0v) is 11.5. The Morgan fingerprint density at radius 3 is 2.38 bits per heavy atom. The first-order chi connectivity index (χ1) is 9.92. The van der Waals surface area contributed by atoms with Gasteiger partial charge in [0.15, 0.2) is 11.6 Å². The minimum Gasteiger partial charge on any atom is -0.495 e. The molecule has 0 aliphatic rings. The second-order valence-corrected chi connectivity index (χ2v) is 4.50. The van der Waals surface area contributed by atoms with Gasteiger partial charge in [0.05, 0.1) is 17.7 Å². The molecule has 2 rings (SSSR count). The first-order valence-corrected chi connectivity index (χ1v) is 6.13. The van der Waals surface area contributed by atoms with Crippen LogP contribution in [0.5, 0.6) is 5.75 Å². The summed E-state index contributed by atoms with van der Waals surface area (Å²) in [6.07, 6.45) is 0. The van der Waals surface area contributed by atoms with E-state index in [1.54, 1.807) is 0 Å². The summed E-state index contributed by atoms with van der Waals surface area (Å²) in [6, 6.07) is 5.95. The normalized spacial score (nSPS) is 10.3. The minimum absolute atomic E-state index is 0.338. The van der Waals surface area contributed by atoms with Crippen LogP contribution >= 0.6 is 11.6 Å². The lowest BCUT2D eigenvalue weighted by atomic mass is 10.1. The van der Waals surface area contributed by atoms with Crippen molar-refractivity contribution in [1.29, 1.82) is 0 Å². The molecule has 110 valence electrons. The molecule has 0 bridgehead atoms. The number of methoxy groups -OCH3 is 1. The molecule has 0 amide bonds. The van der Waals surface area contributed by atoms with Gasteiger partial charge in [0, 0.05) is 11.8 Å². The van der Waals surface area contributed by atoms with Gasteiger partial charge in [-0.3, -0.25) is 0 Å². The number of carboxylic acids is 1. The van der Waals surface area contributed by atoms with Crippen LogP contribution in [-0.2, 0) is 0 Å². The molecule has 0 heterocycles.